The van der Waals surface area contributed by atoms with Gasteiger partial charge in [0, 0.05) is 49.4 Å². The standard InChI is InChI=1S/C37H46N4O3.C2HF3O2/c1-24-19-25(2)21-29(20-24)34-33(26(3)23-38-14-13-27-7-9-28(10-8-27)35(42)43)31-22-30(11-12-32(31)39-34)37(4,5)36(44)41-17-15-40(6)16-18-41;3-2(4,5)1(6)7/h7-12,19-22,26,38-39H,13-18,23H2,1-6H3,(H,42,43);(H,6,7). The number of quaternary nitrogens is 1. The fraction of sp³-hybridized carbons (Fsp3) is 0.410. The number of rotatable bonds is 10. The van der Waals surface area contributed by atoms with E-state index in [0.717, 1.165) is 68.0 Å². The zero-order valence-electron chi connectivity index (χ0n) is 30.0. The van der Waals surface area contributed by atoms with Crippen LogP contribution < -0.4 is 10.4 Å². The van der Waals surface area contributed by atoms with Gasteiger partial charge in [0.1, 0.15) is 5.97 Å². The van der Waals surface area contributed by atoms with E-state index in [1.54, 1.807) is 12.1 Å². The van der Waals surface area contributed by atoms with E-state index in [1.807, 2.05) is 17.0 Å². The van der Waals surface area contributed by atoms with Crippen LogP contribution in [0.5, 0.6) is 0 Å². The summed E-state index contributed by atoms with van der Waals surface area (Å²) in [5.41, 5.74) is 9.05. The molecule has 5 rings (SSSR count). The van der Waals surface area contributed by atoms with E-state index >= 15 is 0 Å². The number of carbonyl (C=O) groups is 3. The quantitative estimate of drug-likeness (QED) is 0.209. The summed E-state index contributed by atoms with van der Waals surface area (Å²) in [4.78, 5) is 41.8. The molecule has 51 heavy (non-hydrogen) atoms. The van der Waals surface area contributed by atoms with Crippen molar-refractivity contribution in [3.05, 3.63) is 94.0 Å². The zero-order valence-corrected chi connectivity index (χ0v) is 30.0. The van der Waals surface area contributed by atoms with Crippen molar-refractivity contribution in [2.24, 2.45) is 0 Å². The van der Waals surface area contributed by atoms with Crippen molar-refractivity contribution in [2.45, 2.75) is 58.5 Å². The maximum absolute atomic E-state index is 13.8. The summed E-state index contributed by atoms with van der Waals surface area (Å²) in [5, 5.41) is 21.5. The first-order valence-electron chi connectivity index (χ1n) is 17.0. The lowest BCUT2D eigenvalue weighted by atomic mass is 9.81. The summed E-state index contributed by atoms with van der Waals surface area (Å²) >= 11 is 0. The van der Waals surface area contributed by atoms with Crippen molar-refractivity contribution >= 4 is 28.7 Å². The van der Waals surface area contributed by atoms with Gasteiger partial charge in [-0.3, -0.25) is 4.79 Å². The van der Waals surface area contributed by atoms with Crippen LogP contribution in [0.2, 0.25) is 0 Å². The molecular formula is C39H47F3N4O5. The maximum atomic E-state index is 13.8. The van der Waals surface area contributed by atoms with Crippen LogP contribution in [-0.2, 0) is 21.4 Å². The van der Waals surface area contributed by atoms with E-state index in [-0.39, 0.29) is 11.8 Å². The molecule has 3 aromatic carbocycles. The third-order valence-electron chi connectivity index (χ3n) is 9.48. The smallest absolute Gasteiger partial charge is 0.430 e. The number of carboxylic acids is 2. The second-order valence-electron chi connectivity index (χ2n) is 14.0. The molecular weight excluding hydrogens is 661 g/mol. The number of likely N-dealkylation sites (N-methyl/N-ethyl adjacent to an activating group) is 1. The van der Waals surface area contributed by atoms with E-state index in [9.17, 15) is 27.9 Å². The van der Waals surface area contributed by atoms with Gasteiger partial charge in [-0.05, 0) is 93.4 Å². The number of halogens is 3. The number of benzene rings is 3. The second kappa shape index (κ2) is 16.1. The van der Waals surface area contributed by atoms with Gasteiger partial charge in [0.15, 0.2) is 0 Å². The van der Waals surface area contributed by atoms with Crippen LogP contribution in [0.25, 0.3) is 22.2 Å². The molecule has 1 unspecified atom stereocenters. The topological polar surface area (TPSA) is 133 Å². The number of carbonyl (C=O) groups excluding carboxylic acids is 2. The Labute approximate surface area is 296 Å². The number of fused-ring (bicyclic) bond motifs is 1. The zero-order chi connectivity index (χ0) is 37.7. The second-order valence-corrected chi connectivity index (χ2v) is 14.0. The van der Waals surface area contributed by atoms with Gasteiger partial charge in [-0.25, -0.2) is 4.79 Å². The molecule has 2 heterocycles. The van der Waals surface area contributed by atoms with E-state index < -0.39 is 23.5 Å². The summed E-state index contributed by atoms with van der Waals surface area (Å²) in [7, 11) is 2.11. The molecule has 0 aliphatic carbocycles. The molecule has 1 aromatic heterocycles. The lowest BCUT2D eigenvalue weighted by molar-refractivity contribution is -0.656. The number of hydrogen-bond donors (Lipinski definition) is 3. The van der Waals surface area contributed by atoms with Gasteiger partial charge in [-0.1, -0.05) is 42.3 Å². The molecule has 1 fully saturated rings. The Morgan fingerprint density at radius 3 is 2.08 bits per heavy atom. The van der Waals surface area contributed by atoms with Crippen LogP contribution in [-0.4, -0.2) is 90.2 Å². The normalized spacial score (nSPS) is 14.6. The highest BCUT2D eigenvalue weighted by Crippen LogP contribution is 2.38. The van der Waals surface area contributed by atoms with Gasteiger partial charge >= 0.3 is 12.1 Å². The minimum Gasteiger partial charge on any atom is -0.542 e. The highest BCUT2D eigenvalue weighted by atomic mass is 19.4. The number of nitrogens with zero attached hydrogens (tertiary/aromatic N) is 2. The van der Waals surface area contributed by atoms with Crippen LogP contribution in [0, 0.1) is 13.8 Å². The Morgan fingerprint density at radius 2 is 1.53 bits per heavy atom. The Morgan fingerprint density at radius 1 is 0.941 bits per heavy atom. The van der Waals surface area contributed by atoms with E-state index in [4.69, 9.17) is 9.90 Å². The number of H-pyrrole nitrogens is 1. The lowest BCUT2D eigenvalue weighted by Crippen LogP contribution is -2.85. The molecule has 12 heteroatoms. The third-order valence-corrected chi connectivity index (χ3v) is 9.48. The van der Waals surface area contributed by atoms with Gasteiger partial charge in [0.25, 0.3) is 0 Å². The van der Waals surface area contributed by atoms with E-state index in [2.05, 4.69) is 93.3 Å². The van der Waals surface area contributed by atoms with Crippen molar-refractivity contribution in [3.63, 3.8) is 0 Å². The fourth-order valence-electron chi connectivity index (χ4n) is 6.56. The molecule has 4 aromatic rings. The van der Waals surface area contributed by atoms with Crippen LogP contribution >= 0.6 is 0 Å². The highest BCUT2D eigenvalue weighted by molar-refractivity contribution is 5.94. The average Bonchev–Trinajstić information content (AvgIpc) is 3.45. The molecule has 1 atom stereocenters. The van der Waals surface area contributed by atoms with Crippen molar-refractivity contribution in [1.82, 2.24) is 14.8 Å². The first-order valence-corrected chi connectivity index (χ1v) is 17.0. The lowest BCUT2D eigenvalue weighted by Gasteiger charge is -2.37. The number of amides is 1. The van der Waals surface area contributed by atoms with Crippen molar-refractivity contribution in [2.75, 3.05) is 46.3 Å². The number of aryl methyl sites for hydroxylation is 2. The first-order chi connectivity index (χ1) is 23.9. The molecule has 1 aliphatic rings. The largest absolute Gasteiger partial charge is 0.542 e. The van der Waals surface area contributed by atoms with E-state index in [1.165, 1.54) is 27.6 Å². The van der Waals surface area contributed by atoms with Gasteiger partial charge in [-0.15, -0.1) is 0 Å². The maximum Gasteiger partial charge on any atom is 0.430 e. The number of aromatic nitrogens is 1. The number of carboxylic acid groups (broad SMARTS) is 2. The summed E-state index contributed by atoms with van der Waals surface area (Å²) in [6.07, 6.45) is -4.32. The van der Waals surface area contributed by atoms with Crippen molar-refractivity contribution < 1.29 is 43.1 Å². The summed E-state index contributed by atoms with van der Waals surface area (Å²) in [6.45, 7) is 15.9. The minimum atomic E-state index is -5.19. The van der Waals surface area contributed by atoms with Gasteiger partial charge < -0.3 is 35.1 Å². The predicted octanol–water partition coefficient (Wildman–Crippen LogP) is 4.41. The number of aliphatic carboxylic acids is 1. The molecule has 0 saturated carbocycles. The number of nitrogens with two attached hydrogens (primary N) is 1. The number of hydrogen-bond acceptors (Lipinski definition) is 5. The molecule has 0 bridgehead atoms. The average molecular weight is 709 g/mol. The number of nitrogens with one attached hydrogen (secondary N) is 1. The Hall–Kier alpha value is -4.68. The molecule has 4 N–H and O–H groups in total. The molecule has 0 radical (unpaired) electrons. The third kappa shape index (κ3) is 9.77. The number of aromatic amines is 1. The molecule has 0 spiro atoms. The molecule has 1 saturated heterocycles. The fourth-order valence-corrected chi connectivity index (χ4v) is 6.56. The molecule has 9 nitrogen and oxygen atoms in total. The Bertz CT molecular complexity index is 1840. The van der Waals surface area contributed by atoms with Gasteiger partial charge in [0.05, 0.1) is 29.8 Å². The highest BCUT2D eigenvalue weighted by Gasteiger charge is 2.35. The SMILES string of the molecule is Cc1cc(C)cc(-c2[nH]c3ccc(C(C)(C)C(=O)N4CCN(C)CC4)cc3c2C(C)C[NH2+]CCc2ccc(C(=O)O)cc2)c1.O=C([O-])C(F)(F)F. The van der Waals surface area contributed by atoms with Crippen LogP contribution in [0.3, 0.4) is 0 Å². The molecule has 1 amide bonds. The minimum absolute atomic E-state index is 0.189. The number of alkyl halides is 3. The molecule has 274 valence electrons. The summed E-state index contributed by atoms with van der Waals surface area (Å²) in [5.74, 6) is -3.46. The monoisotopic (exact) mass is 708 g/mol. The first kappa shape index (κ1) is 39.1. The van der Waals surface area contributed by atoms with Crippen molar-refractivity contribution in [3.8, 4) is 11.3 Å². The molecule has 1 aliphatic heterocycles. The Kier molecular flexibility index (Phi) is 12.4. The predicted molar refractivity (Wildman–Crippen MR) is 189 cm³/mol. The summed E-state index contributed by atoms with van der Waals surface area (Å²) in [6, 6.07) is 20.4. The van der Waals surface area contributed by atoms with Crippen LogP contribution in [0.4, 0.5) is 13.2 Å². The van der Waals surface area contributed by atoms with Crippen LogP contribution in [0.15, 0.2) is 60.7 Å². The van der Waals surface area contributed by atoms with Gasteiger partial charge in [0.2, 0.25) is 5.91 Å². The Balaban J connectivity index is 0.000000755. The van der Waals surface area contributed by atoms with Crippen molar-refractivity contribution in [1.29, 1.82) is 0 Å². The number of aromatic carboxylic acids is 1. The van der Waals surface area contributed by atoms with Crippen LogP contribution in [0.1, 0.15) is 64.9 Å². The van der Waals surface area contributed by atoms with E-state index in [0.29, 0.717) is 5.56 Å². The van der Waals surface area contributed by atoms with Gasteiger partial charge in [-0.2, -0.15) is 13.2 Å². The summed E-state index contributed by atoms with van der Waals surface area (Å²) < 4.78 is 31.5. The number of piperazine rings is 1.